The highest BCUT2D eigenvalue weighted by Gasteiger charge is 2.32. The maximum atomic E-state index is 6.02. The van der Waals surface area contributed by atoms with Crippen molar-refractivity contribution in [1.29, 1.82) is 0 Å². The molecule has 1 saturated carbocycles. The average Bonchev–Trinajstić information content (AvgIpc) is 2.78. The van der Waals surface area contributed by atoms with Gasteiger partial charge in [0.1, 0.15) is 0 Å². The normalized spacial score (nSPS) is 38.8. The zero-order valence-electron chi connectivity index (χ0n) is 11.0. The minimum Gasteiger partial charge on any atom is -0.328 e. The summed E-state index contributed by atoms with van der Waals surface area (Å²) in [6.07, 6.45) is 8.50. The first-order valence-corrected chi connectivity index (χ1v) is 7.20. The summed E-state index contributed by atoms with van der Waals surface area (Å²) in [7, 11) is 0. The van der Waals surface area contributed by atoms with Crippen LogP contribution in [0.3, 0.4) is 0 Å². The Bertz CT molecular complexity index is 215. The highest BCUT2D eigenvalue weighted by molar-refractivity contribution is 4.87. The lowest BCUT2D eigenvalue weighted by molar-refractivity contribution is 0.149. The van der Waals surface area contributed by atoms with Crippen LogP contribution in [-0.4, -0.2) is 30.1 Å². The molecular weight excluding hydrogens is 196 g/mol. The van der Waals surface area contributed by atoms with Crippen molar-refractivity contribution in [3.05, 3.63) is 0 Å². The molecule has 16 heavy (non-hydrogen) atoms. The second-order valence-electron chi connectivity index (χ2n) is 6.00. The number of hydrogen-bond donors (Lipinski definition) is 1. The molecule has 2 nitrogen and oxygen atoms in total. The number of nitrogens with zero attached hydrogens (tertiary/aromatic N) is 1. The largest absolute Gasteiger partial charge is 0.328 e. The zero-order valence-corrected chi connectivity index (χ0v) is 11.0. The molecule has 2 N–H and O–H groups in total. The Morgan fingerprint density at radius 2 is 2.12 bits per heavy atom. The maximum Gasteiger partial charge on any atom is 0.00980 e. The van der Waals surface area contributed by atoms with Crippen molar-refractivity contribution < 1.29 is 0 Å². The minimum atomic E-state index is 0.385. The molecule has 0 amide bonds. The molecule has 1 saturated heterocycles. The van der Waals surface area contributed by atoms with Crippen molar-refractivity contribution in [1.82, 2.24) is 4.90 Å². The summed E-state index contributed by atoms with van der Waals surface area (Å²) in [5.41, 5.74) is 6.02. The number of hydrogen-bond acceptors (Lipinski definition) is 2. The van der Waals surface area contributed by atoms with E-state index in [0.717, 1.165) is 17.9 Å². The van der Waals surface area contributed by atoms with E-state index in [-0.39, 0.29) is 0 Å². The summed E-state index contributed by atoms with van der Waals surface area (Å²) in [5.74, 6) is 1.75. The Hall–Kier alpha value is -0.0800. The fraction of sp³-hybridized carbons (Fsp3) is 1.00. The van der Waals surface area contributed by atoms with Crippen LogP contribution in [0, 0.1) is 11.8 Å². The Kier molecular flexibility index (Phi) is 4.26. The lowest BCUT2D eigenvalue weighted by Gasteiger charge is -2.35. The zero-order chi connectivity index (χ0) is 11.5. The SMILES string of the molecule is CCC1CCCC(N2CCC(C(C)N)C2)C1. The third kappa shape index (κ3) is 2.78. The van der Waals surface area contributed by atoms with Gasteiger partial charge in [-0.1, -0.05) is 26.2 Å². The molecule has 4 atom stereocenters. The van der Waals surface area contributed by atoms with Gasteiger partial charge in [-0.05, 0) is 44.6 Å². The second kappa shape index (κ2) is 5.50. The molecule has 4 unspecified atom stereocenters. The molecule has 0 bridgehead atoms. The fourth-order valence-electron chi connectivity index (χ4n) is 3.54. The molecule has 0 aromatic carbocycles. The molecule has 2 aliphatic rings. The molecule has 1 aliphatic heterocycles. The summed E-state index contributed by atoms with van der Waals surface area (Å²) in [6.45, 7) is 7.08. The maximum absolute atomic E-state index is 6.02. The third-order valence-corrected chi connectivity index (χ3v) is 4.85. The van der Waals surface area contributed by atoms with Gasteiger partial charge in [-0.15, -0.1) is 0 Å². The highest BCUT2D eigenvalue weighted by Crippen LogP contribution is 2.32. The Labute approximate surface area is 101 Å². The van der Waals surface area contributed by atoms with Gasteiger partial charge >= 0.3 is 0 Å². The Morgan fingerprint density at radius 3 is 2.75 bits per heavy atom. The van der Waals surface area contributed by atoms with E-state index >= 15 is 0 Å². The van der Waals surface area contributed by atoms with E-state index in [4.69, 9.17) is 5.73 Å². The number of nitrogens with two attached hydrogens (primary N) is 1. The quantitative estimate of drug-likeness (QED) is 0.798. The lowest BCUT2D eigenvalue weighted by Crippen LogP contribution is -2.38. The summed E-state index contributed by atoms with van der Waals surface area (Å²) in [5, 5.41) is 0. The van der Waals surface area contributed by atoms with E-state index in [9.17, 15) is 0 Å². The number of likely N-dealkylation sites (tertiary alicyclic amines) is 1. The summed E-state index contributed by atoms with van der Waals surface area (Å²) < 4.78 is 0. The first-order chi connectivity index (χ1) is 7.70. The fourth-order valence-corrected chi connectivity index (χ4v) is 3.54. The second-order valence-corrected chi connectivity index (χ2v) is 6.00. The van der Waals surface area contributed by atoms with E-state index in [1.807, 2.05) is 0 Å². The highest BCUT2D eigenvalue weighted by atomic mass is 15.2. The van der Waals surface area contributed by atoms with Crippen LogP contribution in [0.25, 0.3) is 0 Å². The lowest BCUT2D eigenvalue weighted by atomic mass is 9.83. The standard InChI is InChI=1S/C14H28N2/c1-3-12-5-4-6-14(9-12)16-8-7-13(10-16)11(2)15/h11-14H,3-10,15H2,1-2H3. The molecule has 2 rings (SSSR count). The predicted molar refractivity (Wildman–Crippen MR) is 69.4 cm³/mol. The van der Waals surface area contributed by atoms with Gasteiger partial charge in [-0.25, -0.2) is 0 Å². The monoisotopic (exact) mass is 224 g/mol. The Morgan fingerprint density at radius 1 is 1.31 bits per heavy atom. The molecule has 2 heteroatoms. The van der Waals surface area contributed by atoms with Gasteiger partial charge in [-0.2, -0.15) is 0 Å². The van der Waals surface area contributed by atoms with Gasteiger partial charge in [0.05, 0.1) is 0 Å². The molecule has 0 radical (unpaired) electrons. The van der Waals surface area contributed by atoms with Gasteiger partial charge < -0.3 is 10.6 Å². The van der Waals surface area contributed by atoms with Crippen molar-refractivity contribution in [2.24, 2.45) is 17.6 Å². The average molecular weight is 224 g/mol. The van der Waals surface area contributed by atoms with Crippen LogP contribution in [0.5, 0.6) is 0 Å². The summed E-state index contributed by atoms with van der Waals surface area (Å²) in [6, 6.07) is 1.26. The van der Waals surface area contributed by atoms with E-state index in [0.29, 0.717) is 6.04 Å². The molecule has 0 aromatic heterocycles. The van der Waals surface area contributed by atoms with E-state index in [1.165, 1.54) is 51.6 Å². The van der Waals surface area contributed by atoms with Gasteiger partial charge in [0, 0.05) is 18.6 Å². The molecule has 1 aliphatic carbocycles. The van der Waals surface area contributed by atoms with Crippen LogP contribution < -0.4 is 5.73 Å². The van der Waals surface area contributed by atoms with Crippen molar-refractivity contribution in [3.63, 3.8) is 0 Å². The molecule has 0 spiro atoms. The topological polar surface area (TPSA) is 29.3 Å². The van der Waals surface area contributed by atoms with Crippen molar-refractivity contribution in [2.75, 3.05) is 13.1 Å². The molecular formula is C14H28N2. The van der Waals surface area contributed by atoms with Crippen molar-refractivity contribution in [2.45, 2.75) is 64.5 Å². The van der Waals surface area contributed by atoms with E-state index in [1.54, 1.807) is 0 Å². The smallest absolute Gasteiger partial charge is 0.00980 e. The van der Waals surface area contributed by atoms with E-state index in [2.05, 4.69) is 18.7 Å². The Balaban J connectivity index is 1.84. The molecule has 1 heterocycles. The van der Waals surface area contributed by atoms with E-state index < -0.39 is 0 Å². The molecule has 0 aromatic rings. The minimum absolute atomic E-state index is 0.385. The first-order valence-electron chi connectivity index (χ1n) is 7.20. The predicted octanol–water partition coefficient (Wildman–Crippen LogP) is 2.62. The van der Waals surface area contributed by atoms with Gasteiger partial charge in [0.2, 0.25) is 0 Å². The van der Waals surface area contributed by atoms with Gasteiger partial charge in [0.25, 0.3) is 0 Å². The van der Waals surface area contributed by atoms with Crippen molar-refractivity contribution >= 4 is 0 Å². The first kappa shape index (κ1) is 12.4. The van der Waals surface area contributed by atoms with Crippen LogP contribution >= 0.6 is 0 Å². The summed E-state index contributed by atoms with van der Waals surface area (Å²) >= 11 is 0. The van der Waals surface area contributed by atoms with Crippen LogP contribution in [0.15, 0.2) is 0 Å². The molecule has 94 valence electrons. The third-order valence-electron chi connectivity index (χ3n) is 4.85. The van der Waals surface area contributed by atoms with Crippen LogP contribution in [-0.2, 0) is 0 Å². The van der Waals surface area contributed by atoms with Crippen LogP contribution in [0.1, 0.15) is 52.4 Å². The van der Waals surface area contributed by atoms with Gasteiger partial charge in [0.15, 0.2) is 0 Å². The van der Waals surface area contributed by atoms with Crippen molar-refractivity contribution in [3.8, 4) is 0 Å². The van der Waals surface area contributed by atoms with Crippen LogP contribution in [0.4, 0.5) is 0 Å². The number of rotatable bonds is 3. The molecule has 2 fully saturated rings. The van der Waals surface area contributed by atoms with Crippen LogP contribution in [0.2, 0.25) is 0 Å². The summed E-state index contributed by atoms with van der Waals surface area (Å²) in [4.78, 5) is 2.73. The van der Waals surface area contributed by atoms with Gasteiger partial charge in [-0.3, -0.25) is 0 Å².